The molecule has 0 aliphatic carbocycles. The molecule has 2 heterocycles. The minimum Gasteiger partial charge on any atom is -0.495 e. The number of rotatable bonds is 9. The fraction of sp³-hybridized carbons (Fsp3) is 0.538. The van der Waals surface area contributed by atoms with Crippen LogP contribution in [0.15, 0.2) is 46.7 Å². The van der Waals surface area contributed by atoms with Crippen molar-refractivity contribution in [3.05, 3.63) is 41.7 Å². The van der Waals surface area contributed by atoms with E-state index < -0.39 is 5.91 Å². The number of amidine groups is 1. The quantitative estimate of drug-likeness (QED) is 0.281. The van der Waals surface area contributed by atoms with Gasteiger partial charge in [0.15, 0.2) is 0 Å². The molecule has 1 amide bonds. The number of likely N-dealkylation sites (N-methyl/N-ethyl adjacent to an activating group) is 1. The Kier molecular flexibility index (Phi) is 9.56. The number of amides is 1. The summed E-state index contributed by atoms with van der Waals surface area (Å²) in [5.41, 5.74) is 8.65. The molecule has 0 bridgehead atoms. The number of anilines is 2. The first-order chi connectivity index (χ1) is 16.8. The number of carbonyl (C=O) groups excluding carboxylic acids is 1. The zero-order chi connectivity index (χ0) is 25.4. The van der Waals surface area contributed by atoms with Crippen LogP contribution in [-0.2, 0) is 9.53 Å². The van der Waals surface area contributed by atoms with E-state index in [-0.39, 0.29) is 6.04 Å². The monoisotopic (exact) mass is 484 g/mol. The molecule has 35 heavy (non-hydrogen) atoms. The van der Waals surface area contributed by atoms with E-state index in [4.69, 9.17) is 20.2 Å². The third kappa shape index (κ3) is 7.22. The van der Waals surface area contributed by atoms with Crippen LogP contribution in [0.1, 0.15) is 33.1 Å². The highest BCUT2D eigenvalue weighted by molar-refractivity contribution is 6.00. The SMILES string of the molecule is C=C(CC)/C(=N\C(Nc1ccc(N2CCN(C)CC2)c(OC)c1)=C(/C)C(N)=O)NC1CCOCC1. The van der Waals surface area contributed by atoms with Crippen molar-refractivity contribution in [3.63, 3.8) is 0 Å². The molecule has 0 atom stereocenters. The lowest BCUT2D eigenvalue weighted by Gasteiger charge is -2.34. The second-order valence-electron chi connectivity index (χ2n) is 9.09. The van der Waals surface area contributed by atoms with Gasteiger partial charge >= 0.3 is 0 Å². The maximum Gasteiger partial charge on any atom is 0.248 e. The minimum atomic E-state index is -0.537. The first-order valence-corrected chi connectivity index (χ1v) is 12.3. The molecule has 4 N–H and O–H groups in total. The average molecular weight is 485 g/mol. The summed E-state index contributed by atoms with van der Waals surface area (Å²) in [5.74, 6) is 1.27. The van der Waals surface area contributed by atoms with Gasteiger partial charge in [-0.1, -0.05) is 13.5 Å². The zero-order valence-electron chi connectivity index (χ0n) is 21.5. The van der Waals surface area contributed by atoms with E-state index in [1.165, 1.54) is 0 Å². The lowest BCUT2D eigenvalue weighted by atomic mass is 10.1. The lowest BCUT2D eigenvalue weighted by molar-refractivity contribution is -0.114. The Balaban J connectivity index is 1.89. The third-order valence-corrected chi connectivity index (χ3v) is 6.56. The Morgan fingerprint density at radius 3 is 2.54 bits per heavy atom. The van der Waals surface area contributed by atoms with Gasteiger partial charge in [0.05, 0.1) is 18.4 Å². The highest BCUT2D eigenvalue weighted by Crippen LogP contribution is 2.32. The number of nitrogens with zero attached hydrogens (tertiary/aromatic N) is 3. The highest BCUT2D eigenvalue weighted by Gasteiger charge is 2.20. The second kappa shape index (κ2) is 12.6. The normalized spacial score (nSPS) is 18.6. The first-order valence-electron chi connectivity index (χ1n) is 12.3. The Morgan fingerprint density at radius 2 is 1.94 bits per heavy atom. The van der Waals surface area contributed by atoms with Crippen molar-refractivity contribution in [1.29, 1.82) is 0 Å². The summed E-state index contributed by atoms with van der Waals surface area (Å²) in [7, 11) is 3.80. The Labute approximate surface area is 209 Å². The molecule has 2 aliphatic heterocycles. The van der Waals surface area contributed by atoms with Crippen molar-refractivity contribution >= 4 is 23.1 Å². The lowest BCUT2D eigenvalue weighted by Crippen LogP contribution is -2.44. The van der Waals surface area contributed by atoms with Gasteiger partial charge in [-0.2, -0.15) is 0 Å². The van der Waals surface area contributed by atoms with Gasteiger partial charge in [0, 0.05) is 57.2 Å². The summed E-state index contributed by atoms with van der Waals surface area (Å²) in [6.45, 7) is 13.2. The van der Waals surface area contributed by atoms with E-state index in [2.05, 4.69) is 34.1 Å². The van der Waals surface area contributed by atoms with Crippen molar-refractivity contribution in [2.75, 3.05) is 63.8 Å². The van der Waals surface area contributed by atoms with Gasteiger partial charge in [0.1, 0.15) is 17.4 Å². The number of primary amides is 1. The molecule has 0 spiro atoms. The Morgan fingerprint density at radius 1 is 1.26 bits per heavy atom. The number of nitrogens with one attached hydrogen (secondary N) is 2. The van der Waals surface area contributed by atoms with Gasteiger partial charge < -0.3 is 35.6 Å². The fourth-order valence-electron chi connectivity index (χ4n) is 4.05. The molecule has 192 valence electrons. The van der Waals surface area contributed by atoms with E-state index in [1.807, 2.05) is 25.1 Å². The van der Waals surface area contributed by atoms with Gasteiger partial charge in [0.25, 0.3) is 0 Å². The van der Waals surface area contributed by atoms with Gasteiger partial charge in [0.2, 0.25) is 5.91 Å². The molecule has 0 aromatic heterocycles. The Bertz CT molecular complexity index is 960. The van der Waals surface area contributed by atoms with Crippen LogP contribution >= 0.6 is 0 Å². The minimum absolute atomic E-state index is 0.240. The smallest absolute Gasteiger partial charge is 0.248 e. The predicted octanol–water partition coefficient (Wildman–Crippen LogP) is 2.71. The molecular weight excluding hydrogens is 444 g/mol. The molecule has 2 saturated heterocycles. The summed E-state index contributed by atoms with van der Waals surface area (Å²) >= 11 is 0. The van der Waals surface area contributed by atoms with Crippen molar-refractivity contribution < 1.29 is 14.3 Å². The van der Waals surface area contributed by atoms with Gasteiger partial charge in [-0.15, -0.1) is 0 Å². The molecular formula is C26H40N6O3. The van der Waals surface area contributed by atoms with Crippen LogP contribution in [0.4, 0.5) is 11.4 Å². The van der Waals surface area contributed by atoms with E-state index >= 15 is 0 Å². The predicted molar refractivity (Wildman–Crippen MR) is 142 cm³/mol. The molecule has 1 aromatic carbocycles. The molecule has 3 rings (SSSR count). The summed E-state index contributed by atoms with van der Waals surface area (Å²) in [6.07, 6.45) is 2.51. The van der Waals surface area contributed by atoms with Crippen molar-refractivity contribution in [1.82, 2.24) is 10.2 Å². The van der Waals surface area contributed by atoms with Crippen LogP contribution in [0.5, 0.6) is 5.75 Å². The molecule has 1 aromatic rings. The van der Waals surface area contributed by atoms with Crippen molar-refractivity contribution in [2.45, 2.75) is 39.2 Å². The molecule has 0 radical (unpaired) electrons. The zero-order valence-corrected chi connectivity index (χ0v) is 21.5. The van der Waals surface area contributed by atoms with Crippen LogP contribution in [-0.4, -0.2) is 76.2 Å². The van der Waals surface area contributed by atoms with Crippen LogP contribution in [0, 0.1) is 0 Å². The summed E-state index contributed by atoms with van der Waals surface area (Å²) in [5, 5.41) is 6.80. The highest BCUT2D eigenvalue weighted by atomic mass is 16.5. The molecule has 9 heteroatoms. The first kappa shape index (κ1) is 26.6. The fourth-order valence-corrected chi connectivity index (χ4v) is 4.05. The molecule has 0 saturated carbocycles. The van der Waals surface area contributed by atoms with E-state index in [0.717, 1.165) is 68.1 Å². The molecule has 2 fully saturated rings. The number of ether oxygens (including phenoxy) is 2. The van der Waals surface area contributed by atoms with Crippen LogP contribution in [0.25, 0.3) is 0 Å². The van der Waals surface area contributed by atoms with E-state index in [9.17, 15) is 4.79 Å². The number of hydrogen-bond donors (Lipinski definition) is 3. The Hall–Kier alpha value is -3.04. The number of nitrogens with two attached hydrogens (primary N) is 1. The molecule has 2 aliphatic rings. The number of methoxy groups -OCH3 is 1. The largest absolute Gasteiger partial charge is 0.495 e. The van der Waals surface area contributed by atoms with Crippen LogP contribution < -0.4 is 26.0 Å². The molecule has 9 nitrogen and oxygen atoms in total. The van der Waals surface area contributed by atoms with Gasteiger partial charge in [-0.05, 0) is 50.9 Å². The number of carbonyl (C=O) groups is 1. The van der Waals surface area contributed by atoms with Crippen molar-refractivity contribution in [3.8, 4) is 5.75 Å². The maximum atomic E-state index is 12.1. The molecule has 0 unspecified atom stereocenters. The van der Waals surface area contributed by atoms with E-state index in [1.54, 1.807) is 14.0 Å². The maximum absolute atomic E-state index is 12.1. The van der Waals surface area contributed by atoms with Crippen LogP contribution in [0.3, 0.4) is 0 Å². The van der Waals surface area contributed by atoms with E-state index in [0.29, 0.717) is 30.4 Å². The standard InChI is InChI=1S/C26H40N6O3/c1-6-18(2)25(28-20-9-15-35-16-10-20)30-26(19(3)24(27)33)29-21-7-8-22(23(17-21)34-5)32-13-11-31(4)12-14-32/h7-8,17,20,29H,2,6,9-16H2,1,3-5H3,(H2,27,33)(H,28,30)/b26-19+. The average Bonchev–Trinajstić information content (AvgIpc) is 2.87. The van der Waals surface area contributed by atoms with Crippen molar-refractivity contribution in [2.24, 2.45) is 10.7 Å². The van der Waals surface area contributed by atoms with Crippen LogP contribution in [0.2, 0.25) is 0 Å². The van der Waals surface area contributed by atoms with Gasteiger partial charge in [-0.25, -0.2) is 4.99 Å². The summed E-state index contributed by atoms with van der Waals surface area (Å²) in [6, 6.07) is 6.18. The number of aliphatic imine (C=N–C) groups is 1. The topological polar surface area (TPSA) is 104 Å². The summed E-state index contributed by atoms with van der Waals surface area (Å²) < 4.78 is 11.2. The van der Waals surface area contributed by atoms with Gasteiger partial charge in [-0.3, -0.25) is 4.79 Å². The number of piperazine rings is 1. The number of benzene rings is 1. The second-order valence-corrected chi connectivity index (χ2v) is 9.09. The summed E-state index contributed by atoms with van der Waals surface area (Å²) in [4.78, 5) is 21.6. The number of hydrogen-bond acceptors (Lipinski definition) is 7. The third-order valence-electron chi connectivity index (χ3n) is 6.56.